The number of amides is 2. The molecule has 23 heavy (non-hydrogen) atoms. The highest BCUT2D eigenvalue weighted by atomic mass is 35.5. The van der Waals surface area contributed by atoms with E-state index in [-0.39, 0.29) is 6.03 Å². The monoisotopic (exact) mass is 378 g/mol. The number of piperidine rings is 1. The Morgan fingerprint density at radius 2 is 1.65 bits per heavy atom. The fourth-order valence-corrected chi connectivity index (χ4v) is 3.72. The number of carbonyl (C=O) groups is 1. The lowest BCUT2D eigenvalue weighted by molar-refractivity contribution is -0.281. The van der Waals surface area contributed by atoms with Gasteiger partial charge >= 0.3 is 6.03 Å². The lowest BCUT2D eigenvalue weighted by atomic mass is 10.0. The van der Waals surface area contributed by atoms with Gasteiger partial charge in [-0.1, -0.05) is 34.8 Å². The van der Waals surface area contributed by atoms with Crippen LogP contribution in [0.2, 0.25) is 15.1 Å². The molecule has 5 nitrogen and oxygen atoms in total. The molecular formula is C15H17Cl3N2O3. The van der Waals surface area contributed by atoms with Gasteiger partial charge in [-0.2, -0.15) is 0 Å². The van der Waals surface area contributed by atoms with E-state index >= 15 is 0 Å². The molecule has 0 saturated carbocycles. The van der Waals surface area contributed by atoms with Crippen molar-refractivity contribution < 1.29 is 14.3 Å². The molecule has 0 bridgehead atoms. The summed E-state index contributed by atoms with van der Waals surface area (Å²) < 4.78 is 11.5. The summed E-state index contributed by atoms with van der Waals surface area (Å²) in [5.41, 5.74) is 0.369. The molecule has 2 heterocycles. The fourth-order valence-electron chi connectivity index (χ4n) is 2.80. The Balaban J connectivity index is 1.62. The topological polar surface area (TPSA) is 50.8 Å². The summed E-state index contributed by atoms with van der Waals surface area (Å²) >= 11 is 18.1. The number of hydrogen-bond donors (Lipinski definition) is 1. The van der Waals surface area contributed by atoms with E-state index < -0.39 is 5.79 Å². The fraction of sp³-hybridized carbons (Fsp3) is 0.533. The molecule has 8 heteroatoms. The normalized spacial score (nSPS) is 20.6. The third-order valence-electron chi connectivity index (χ3n) is 4.07. The third kappa shape index (κ3) is 3.86. The first-order valence-corrected chi connectivity index (χ1v) is 8.61. The van der Waals surface area contributed by atoms with Gasteiger partial charge in [-0.3, -0.25) is 0 Å². The maximum Gasteiger partial charge on any atom is 0.321 e. The number of hydrogen-bond acceptors (Lipinski definition) is 3. The van der Waals surface area contributed by atoms with Gasteiger partial charge in [0.2, 0.25) is 0 Å². The van der Waals surface area contributed by atoms with Crippen LogP contribution in [0, 0.1) is 0 Å². The van der Waals surface area contributed by atoms with Crippen molar-refractivity contribution in [2.45, 2.75) is 25.0 Å². The van der Waals surface area contributed by atoms with Crippen molar-refractivity contribution in [1.82, 2.24) is 4.90 Å². The first-order valence-electron chi connectivity index (χ1n) is 7.47. The number of ether oxygens (including phenoxy) is 2. The van der Waals surface area contributed by atoms with Gasteiger partial charge in [0, 0.05) is 31.0 Å². The molecule has 126 valence electrons. The number of nitrogens with one attached hydrogen (secondary N) is 1. The van der Waals surface area contributed by atoms with Crippen LogP contribution in [-0.2, 0) is 9.47 Å². The Bertz CT molecular complexity index is 573. The van der Waals surface area contributed by atoms with Crippen LogP contribution in [0.4, 0.5) is 10.5 Å². The second-order valence-electron chi connectivity index (χ2n) is 5.62. The number of nitrogens with zero attached hydrogens (tertiary/aromatic N) is 1. The zero-order valence-electron chi connectivity index (χ0n) is 12.4. The smallest absolute Gasteiger partial charge is 0.321 e. The van der Waals surface area contributed by atoms with Crippen molar-refractivity contribution >= 4 is 46.5 Å². The molecule has 0 aliphatic carbocycles. The van der Waals surface area contributed by atoms with E-state index in [4.69, 9.17) is 44.3 Å². The van der Waals surface area contributed by atoms with E-state index in [1.54, 1.807) is 17.0 Å². The summed E-state index contributed by atoms with van der Waals surface area (Å²) in [5.74, 6) is -0.523. The number of rotatable bonds is 1. The Labute approximate surface area is 149 Å². The molecular weight excluding hydrogens is 363 g/mol. The van der Waals surface area contributed by atoms with E-state index in [0.29, 0.717) is 59.9 Å². The van der Waals surface area contributed by atoms with Gasteiger partial charge in [-0.05, 0) is 18.6 Å². The van der Waals surface area contributed by atoms with Crippen molar-refractivity contribution in [3.8, 4) is 0 Å². The summed E-state index contributed by atoms with van der Waals surface area (Å²) in [6, 6.07) is 2.83. The van der Waals surface area contributed by atoms with Crippen LogP contribution in [0.5, 0.6) is 0 Å². The minimum Gasteiger partial charge on any atom is -0.350 e. The van der Waals surface area contributed by atoms with E-state index in [1.165, 1.54) is 0 Å². The molecule has 0 unspecified atom stereocenters. The van der Waals surface area contributed by atoms with Crippen LogP contribution in [0.3, 0.4) is 0 Å². The molecule has 3 rings (SSSR count). The van der Waals surface area contributed by atoms with Gasteiger partial charge in [-0.15, -0.1) is 0 Å². The van der Waals surface area contributed by atoms with Crippen molar-refractivity contribution in [1.29, 1.82) is 0 Å². The van der Waals surface area contributed by atoms with Crippen LogP contribution < -0.4 is 5.32 Å². The molecule has 2 aliphatic rings. The number of urea groups is 1. The minimum absolute atomic E-state index is 0.248. The molecule has 0 atom stereocenters. The Hall–Kier alpha value is -0.720. The summed E-state index contributed by atoms with van der Waals surface area (Å²) in [6.07, 6.45) is 2.23. The second kappa shape index (κ2) is 7.03. The molecule has 1 aromatic carbocycles. The summed E-state index contributed by atoms with van der Waals surface area (Å²) in [7, 11) is 0. The van der Waals surface area contributed by atoms with Crippen molar-refractivity contribution in [3.63, 3.8) is 0 Å². The average Bonchev–Trinajstić information content (AvgIpc) is 2.52. The lowest BCUT2D eigenvalue weighted by Gasteiger charge is -2.43. The molecule has 0 radical (unpaired) electrons. The van der Waals surface area contributed by atoms with E-state index in [9.17, 15) is 4.79 Å². The van der Waals surface area contributed by atoms with Gasteiger partial charge < -0.3 is 19.7 Å². The lowest BCUT2D eigenvalue weighted by Crippen LogP contribution is -2.52. The first-order chi connectivity index (χ1) is 11.0. The number of halogens is 3. The highest BCUT2D eigenvalue weighted by Crippen LogP contribution is 2.35. The maximum absolute atomic E-state index is 12.4. The Morgan fingerprint density at radius 1 is 1.09 bits per heavy atom. The van der Waals surface area contributed by atoms with Crippen LogP contribution in [0.25, 0.3) is 0 Å². The average molecular weight is 380 g/mol. The number of benzene rings is 1. The quantitative estimate of drug-likeness (QED) is 0.786. The largest absolute Gasteiger partial charge is 0.350 e. The van der Waals surface area contributed by atoms with Gasteiger partial charge in [0.05, 0.1) is 28.9 Å². The van der Waals surface area contributed by atoms with Gasteiger partial charge in [-0.25, -0.2) is 4.79 Å². The Morgan fingerprint density at radius 3 is 2.22 bits per heavy atom. The van der Waals surface area contributed by atoms with Crippen molar-refractivity contribution in [2.24, 2.45) is 0 Å². The van der Waals surface area contributed by atoms with Crippen molar-refractivity contribution in [2.75, 3.05) is 31.6 Å². The zero-order valence-corrected chi connectivity index (χ0v) is 14.7. The second-order valence-corrected chi connectivity index (χ2v) is 6.87. The van der Waals surface area contributed by atoms with Crippen LogP contribution in [0.1, 0.15) is 19.3 Å². The standard InChI is InChI=1S/C15H17Cl3N2O3/c16-10-8-11(17)13(12(18)9-10)19-14(21)20-4-2-15(3-5-20)22-6-1-7-23-15/h8-9H,1-7H2,(H,19,21). The van der Waals surface area contributed by atoms with Crippen LogP contribution in [-0.4, -0.2) is 43.0 Å². The Kier molecular flexibility index (Phi) is 5.23. The summed E-state index contributed by atoms with van der Waals surface area (Å²) in [4.78, 5) is 14.1. The van der Waals surface area contributed by atoms with Crippen LogP contribution in [0.15, 0.2) is 12.1 Å². The third-order valence-corrected chi connectivity index (χ3v) is 4.88. The van der Waals surface area contributed by atoms with Gasteiger partial charge in [0.25, 0.3) is 0 Å². The molecule has 1 N–H and O–H groups in total. The minimum atomic E-state index is -0.523. The number of likely N-dealkylation sites (tertiary alicyclic amines) is 1. The summed E-state index contributed by atoms with van der Waals surface area (Å²) in [6.45, 7) is 2.52. The highest BCUT2D eigenvalue weighted by molar-refractivity contribution is 6.42. The maximum atomic E-state index is 12.4. The van der Waals surface area contributed by atoms with Gasteiger partial charge in [0.15, 0.2) is 5.79 Å². The molecule has 2 fully saturated rings. The number of anilines is 1. The summed E-state index contributed by atoms with van der Waals surface area (Å²) in [5, 5.41) is 3.79. The van der Waals surface area contributed by atoms with E-state index in [2.05, 4.69) is 5.32 Å². The van der Waals surface area contributed by atoms with Crippen molar-refractivity contribution in [3.05, 3.63) is 27.2 Å². The molecule has 1 aromatic rings. The SMILES string of the molecule is O=C(Nc1c(Cl)cc(Cl)cc1Cl)N1CCC2(CC1)OCCCO2. The number of carbonyl (C=O) groups excluding carboxylic acids is 1. The van der Waals surface area contributed by atoms with E-state index in [1.807, 2.05) is 0 Å². The molecule has 2 aliphatic heterocycles. The predicted octanol–water partition coefficient (Wildman–Crippen LogP) is 4.41. The molecule has 2 amide bonds. The van der Waals surface area contributed by atoms with E-state index in [0.717, 1.165) is 6.42 Å². The highest BCUT2D eigenvalue weighted by Gasteiger charge is 2.39. The van der Waals surface area contributed by atoms with Crippen LogP contribution >= 0.6 is 34.8 Å². The zero-order chi connectivity index (χ0) is 16.4. The molecule has 2 saturated heterocycles. The molecule has 0 aromatic heterocycles. The molecule has 1 spiro atoms. The first kappa shape index (κ1) is 17.1. The van der Waals surface area contributed by atoms with Gasteiger partial charge in [0.1, 0.15) is 0 Å². The predicted molar refractivity (Wildman–Crippen MR) is 90.5 cm³/mol.